The van der Waals surface area contributed by atoms with Crippen molar-refractivity contribution in [1.29, 1.82) is 0 Å². The van der Waals surface area contributed by atoms with Crippen LogP contribution in [0.3, 0.4) is 0 Å². The highest BCUT2D eigenvalue weighted by molar-refractivity contribution is 5.88. The van der Waals surface area contributed by atoms with Crippen LogP contribution < -0.4 is 11.1 Å². The Morgan fingerprint density at radius 1 is 1.40 bits per heavy atom. The second-order valence-corrected chi connectivity index (χ2v) is 5.85. The second kappa shape index (κ2) is 5.31. The maximum absolute atomic E-state index is 11.5. The zero-order valence-electron chi connectivity index (χ0n) is 11.8. The number of nitrogens with two attached hydrogens (primary N) is 1. The SMILES string of the molecule is COC(=O)c1ccc(N)c(NCC(C2CC2)C2CC2)n1. The number of carbonyl (C=O) groups is 1. The van der Waals surface area contributed by atoms with Crippen LogP contribution in [0, 0.1) is 17.8 Å². The number of hydrogen-bond donors (Lipinski definition) is 2. The minimum absolute atomic E-state index is 0.290. The number of nitrogens with zero attached hydrogens (tertiary/aromatic N) is 1. The number of nitrogen functional groups attached to an aromatic ring is 1. The lowest BCUT2D eigenvalue weighted by Crippen LogP contribution is -2.20. The third-order valence-corrected chi connectivity index (χ3v) is 4.28. The maximum Gasteiger partial charge on any atom is 0.356 e. The van der Waals surface area contributed by atoms with Crippen molar-refractivity contribution >= 4 is 17.5 Å². The molecule has 0 amide bonds. The van der Waals surface area contributed by atoms with E-state index in [1.54, 1.807) is 12.1 Å². The molecule has 0 unspecified atom stereocenters. The molecule has 5 nitrogen and oxygen atoms in total. The summed E-state index contributed by atoms with van der Waals surface area (Å²) in [5.74, 6) is 2.64. The molecule has 0 aromatic carbocycles. The Bertz CT molecular complexity index is 498. The summed E-state index contributed by atoms with van der Waals surface area (Å²) in [7, 11) is 1.35. The highest BCUT2D eigenvalue weighted by atomic mass is 16.5. The number of anilines is 2. The second-order valence-electron chi connectivity index (χ2n) is 5.85. The van der Waals surface area contributed by atoms with Gasteiger partial charge in [-0.1, -0.05) is 0 Å². The smallest absolute Gasteiger partial charge is 0.356 e. The zero-order valence-corrected chi connectivity index (χ0v) is 11.8. The number of rotatable bonds is 6. The van der Waals surface area contributed by atoms with E-state index in [9.17, 15) is 4.79 Å². The van der Waals surface area contributed by atoms with Gasteiger partial charge in [0.2, 0.25) is 0 Å². The van der Waals surface area contributed by atoms with Gasteiger partial charge in [0.05, 0.1) is 12.8 Å². The molecule has 1 heterocycles. The standard InChI is InChI=1S/C15H21N3O2/c1-20-15(19)13-7-6-12(16)14(18-13)17-8-11(9-2-3-9)10-4-5-10/h6-7,9-11H,2-5,8,16H2,1H3,(H,17,18). The maximum atomic E-state index is 11.5. The molecule has 5 heteroatoms. The van der Waals surface area contributed by atoms with Crippen molar-refractivity contribution in [3.05, 3.63) is 17.8 Å². The Balaban J connectivity index is 1.67. The Labute approximate surface area is 118 Å². The number of methoxy groups -OCH3 is 1. The molecule has 3 rings (SSSR count). The van der Waals surface area contributed by atoms with Gasteiger partial charge < -0.3 is 15.8 Å². The minimum Gasteiger partial charge on any atom is -0.464 e. The first-order valence-corrected chi connectivity index (χ1v) is 7.27. The van der Waals surface area contributed by atoms with E-state index in [1.807, 2.05) is 0 Å². The first-order valence-electron chi connectivity index (χ1n) is 7.27. The van der Waals surface area contributed by atoms with Gasteiger partial charge in [-0.25, -0.2) is 9.78 Å². The average Bonchev–Trinajstić information content (AvgIpc) is 3.33. The lowest BCUT2D eigenvalue weighted by atomic mass is 9.98. The van der Waals surface area contributed by atoms with E-state index < -0.39 is 5.97 Å². The van der Waals surface area contributed by atoms with Gasteiger partial charge in [0.15, 0.2) is 5.69 Å². The van der Waals surface area contributed by atoms with Crippen molar-refractivity contribution in [2.75, 3.05) is 24.7 Å². The first kappa shape index (κ1) is 13.2. The summed E-state index contributed by atoms with van der Waals surface area (Å²) in [5.41, 5.74) is 6.79. The fourth-order valence-corrected chi connectivity index (χ4v) is 2.81. The third kappa shape index (κ3) is 2.86. The molecule has 2 fully saturated rings. The fraction of sp³-hybridized carbons (Fsp3) is 0.600. The molecule has 108 valence electrons. The number of ether oxygens (including phenoxy) is 1. The van der Waals surface area contributed by atoms with E-state index in [-0.39, 0.29) is 0 Å². The van der Waals surface area contributed by atoms with Crippen LogP contribution in [0.5, 0.6) is 0 Å². The van der Waals surface area contributed by atoms with Crippen LogP contribution in [0.1, 0.15) is 36.2 Å². The molecule has 2 saturated carbocycles. The summed E-state index contributed by atoms with van der Waals surface area (Å²) in [6, 6.07) is 3.29. The average molecular weight is 275 g/mol. The van der Waals surface area contributed by atoms with Gasteiger partial charge in [0.1, 0.15) is 5.82 Å². The topological polar surface area (TPSA) is 77.2 Å². The number of hydrogen-bond acceptors (Lipinski definition) is 5. The Hall–Kier alpha value is -1.78. The predicted molar refractivity (Wildman–Crippen MR) is 77.4 cm³/mol. The monoisotopic (exact) mass is 275 g/mol. The summed E-state index contributed by atoms with van der Waals surface area (Å²) in [4.78, 5) is 15.8. The molecule has 2 aliphatic carbocycles. The molecular weight excluding hydrogens is 254 g/mol. The summed E-state index contributed by atoms with van der Waals surface area (Å²) in [6.45, 7) is 0.900. The van der Waals surface area contributed by atoms with Gasteiger partial charge in [0, 0.05) is 6.54 Å². The minimum atomic E-state index is -0.436. The summed E-state index contributed by atoms with van der Waals surface area (Å²) in [5, 5.41) is 3.33. The van der Waals surface area contributed by atoms with Crippen molar-refractivity contribution < 1.29 is 9.53 Å². The van der Waals surface area contributed by atoms with E-state index in [2.05, 4.69) is 15.0 Å². The molecular formula is C15H21N3O2. The van der Waals surface area contributed by atoms with Gasteiger partial charge >= 0.3 is 5.97 Å². The zero-order chi connectivity index (χ0) is 14.1. The van der Waals surface area contributed by atoms with Crippen LogP contribution in [0.4, 0.5) is 11.5 Å². The quantitative estimate of drug-likeness (QED) is 0.779. The van der Waals surface area contributed by atoms with Gasteiger partial charge in [-0.2, -0.15) is 0 Å². The molecule has 0 saturated heterocycles. The fourth-order valence-electron chi connectivity index (χ4n) is 2.81. The van der Waals surface area contributed by atoms with E-state index >= 15 is 0 Å². The van der Waals surface area contributed by atoms with Crippen LogP contribution in [0.2, 0.25) is 0 Å². The molecule has 0 radical (unpaired) electrons. The highest BCUT2D eigenvalue weighted by Gasteiger charge is 2.41. The molecule has 0 aliphatic heterocycles. The number of nitrogens with one attached hydrogen (secondary N) is 1. The number of esters is 1. The van der Waals surface area contributed by atoms with Crippen LogP contribution in [0.25, 0.3) is 0 Å². The van der Waals surface area contributed by atoms with Gasteiger partial charge in [0.25, 0.3) is 0 Å². The summed E-state index contributed by atoms with van der Waals surface area (Å²) >= 11 is 0. The lowest BCUT2D eigenvalue weighted by Gasteiger charge is -2.17. The van der Waals surface area contributed by atoms with Gasteiger partial charge in [-0.05, 0) is 55.6 Å². The van der Waals surface area contributed by atoms with Crippen molar-refractivity contribution in [2.24, 2.45) is 17.8 Å². The molecule has 3 N–H and O–H groups in total. The predicted octanol–water partition coefficient (Wildman–Crippen LogP) is 2.30. The summed E-state index contributed by atoms with van der Waals surface area (Å²) in [6.07, 6.45) is 5.42. The van der Waals surface area contributed by atoms with Gasteiger partial charge in [-0.15, -0.1) is 0 Å². The number of aromatic nitrogens is 1. The van der Waals surface area contributed by atoms with Crippen LogP contribution >= 0.6 is 0 Å². The molecule has 0 spiro atoms. The van der Waals surface area contributed by atoms with Crippen molar-refractivity contribution in [3.63, 3.8) is 0 Å². The van der Waals surface area contributed by atoms with E-state index in [0.29, 0.717) is 17.2 Å². The molecule has 1 aromatic rings. The van der Waals surface area contributed by atoms with Crippen molar-refractivity contribution in [1.82, 2.24) is 4.98 Å². The molecule has 0 atom stereocenters. The Morgan fingerprint density at radius 3 is 2.60 bits per heavy atom. The number of carbonyl (C=O) groups excluding carboxylic acids is 1. The van der Waals surface area contributed by atoms with Crippen molar-refractivity contribution in [3.8, 4) is 0 Å². The lowest BCUT2D eigenvalue weighted by molar-refractivity contribution is 0.0594. The highest BCUT2D eigenvalue weighted by Crippen LogP contribution is 2.49. The van der Waals surface area contributed by atoms with E-state index in [1.165, 1.54) is 32.8 Å². The molecule has 20 heavy (non-hydrogen) atoms. The van der Waals surface area contributed by atoms with Crippen molar-refractivity contribution in [2.45, 2.75) is 25.7 Å². The largest absolute Gasteiger partial charge is 0.464 e. The van der Waals surface area contributed by atoms with Crippen LogP contribution in [-0.2, 0) is 4.74 Å². The van der Waals surface area contributed by atoms with Crippen LogP contribution in [0.15, 0.2) is 12.1 Å². The van der Waals surface area contributed by atoms with Gasteiger partial charge in [-0.3, -0.25) is 0 Å². The van der Waals surface area contributed by atoms with E-state index in [0.717, 1.165) is 24.3 Å². The normalized spacial score (nSPS) is 18.1. The Kier molecular flexibility index (Phi) is 3.51. The van der Waals surface area contributed by atoms with Crippen LogP contribution in [-0.4, -0.2) is 24.6 Å². The third-order valence-electron chi connectivity index (χ3n) is 4.28. The molecule has 2 aliphatic rings. The molecule has 0 bridgehead atoms. The first-order chi connectivity index (χ1) is 9.69. The van der Waals surface area contributed by atoms with E-state index in [4.69, 9.17) is 5.73 Å². The number of pyridine rings is 1. The summed E-state index contributed by atoms with van der Waals surface area (Å²) < 4.78 is 4.68. The Morgan fingerprint density at radius 2 is 2.05 bits per heavy atom. The molecule has 1 aromatic heterocycles.